The molecule has 0 aliphatic carbocycles. The number of hydrogen-bond acceptors (Lipinski definition) is 2. The maximum absolute atomic E-state index is 5.60. The third-order valence-corrected chi connectivity index (χ3v) is 1.56. The Morgan fingerprint density at radius 3 is 2.18 bits per heavy atom. The molecule has 0 heterocycles. The van der Waals surface area contributed by atoms with Crippen molar-refractivity contribution >= 4 is 0 Å². The predicted molar refractivity (Wildman–Crippen MR) is 50.6 cm³/mol. The molecule has 0 amide bonds. The molecule has 68 valence electrons. The molecule has 3 N–H and O–H groups in total. The molecule has 1 unspecified atom stereocenters. The van der Waals surface area contributed by atoms with Gasteiger partial charge in [-0.15, -0.1) is 0 Å². The van der Waals surface area contributed by atoms with Crippen LogP contribution in [0, 0.1) is 0 Å². The highest BCUT2D eigenvalue weighted by atomic mass is 15.0. The number of hydrogen-bond donors (Lipinski definition) is 2. The Hall–Kier alpha value is -0.0800. The Balaban J connectivity index is 3.68. The lowest BCUT2D eigenvalue weighted by Gasteiger charge is -2.27. The normalized spacial score (nSPS) is 15.0. The van der Waals surface area contributed by atoms with Gasteiger partial charge < -0.3 is 11.1 Å². The van der Waals surface area contributed by atoms with Crippen molar-refractivity contribution in [3.63, 3.8) is 0 Å². The van der Waals surface area contributed by atoms with Crippen LogP contribution in [0.15, 0.2) is 0 Å². The molecule has 0 bridgehead atoms. The second-order valence-electron chi connectivity index (χ2n) is 4.12. The summed E-state index contributed by atoms with van der Waals surface area (Å²) >= 11 is 0. The summed E-state index contributed by atoms with van der Waals surface area (Å²) in [6.07, 6.45) is 2.37. The maximum Gasteiger partial charge on any atom is 0.0194 e. The van der Waals surface area contributed by atoms with Crippen LogP contribution in [-0.2, 0) is 0 Å². The van der Waals surface area contributed by atoms with Crippen molar-refractivity contribution in [2.24, 2.45) is 5.73 Å². The topological polar surface area (TPSA) is 38.0 Å². The largest absolute Gasteiger partial charge is 0.329 e. The third-order valence-electron chi connectivity index (χ3n) is 1.56. The first-order valence-electron chi connectivity index (χ1n) is 4.47. The van der Waals surface area contributed by atoms with Gasteiger partial charge in [0.05, 0.1) is 0 Å². The summed E-state index contributed by atoms with van der Waals surface area (Å²) in [5.74, 6) is 0. The van der Waals surface area contributed by atoms with Crippen LogP contribution in [0.5, 0.6) is 0 Å². The van der Waals surface area contributed by atoms with Gasteiger partial charge in [0.2, 0.25) is 0 Å². The van der Waals surface area contributed by atoms with E-state index >= 15 is 0 Å². The fraction of sp³-hybridized carbons (Fsp3) is 1.00. The quantitative estimate of drug-likeness (QED) is 0.650. The fourth-order valence-electron chi connectivity index (χ4n) is 1.21. The zero-order chi connectivity index (χ0) is 8.91. The van der Waals surface area contributed by atoms with Crippen LogP contribution in [0.2, 0.25) is 0 Å². The van der Waals surface area contributed by atoms with E-state index in [1.165, 1.54) is 12.8 Å². The van der Waals surface area contributed by atoms with Gasteiger partial charge in [0, 0.05) is 18.1 Å². The number of nitrogens with two attached hydrogens (primary N) is 1. The van der Waals surface area contributed by atoms with E-state index in [0.29, 0.717) is 6.04 Å². The lowest BCUT2D eigenvalue weighted by Crippen LogP contribution is -2.47. The summed E-state index contributed by atoms with van der Waals surface area (Å²) in [6, 6.07) is 0.486. The van der Waals surface area contributed by atoms with Gasteiger partial charge in [-0.1, -0.05) is 13.3 Å². The summed E-state index contributed by atoms with van der Waals surface area (Å²) in [5.41, 5.74) is 5.80. The molecule has 0 saturated heterocycles. The Bertz CT molecular complexity index is 94.2. The van der Waals surface area contributed by atoms with E-state index in [9.17, 15) is 0 Å². The average Bonchev–Trinajstić information content (AvgIpc) is 1.84. The second-order valence-corrected chi connectivity index (χ2v) is 4.12. The monoisotopic (exact) mass is 158 g/mol. The smallest absolute Gasteiger partial charge is 0.0194 e. The summed E-state index contributed by atoms with van der Waals surface area (Å²) in [5, 5.41) is 3.48. The molecule has 2 nitrogen and oxygen atoms in total. The van der Waals surface area contributed by atoms with Crippen molar-refractivity contribution in [2.45, 2.75) is 52.1 Å². The van der Waals surface area contributed by atoms with Crippen LogP contribution in [0.4, 0.5) is 0 Å². The highest BCUT2D eigenvalue weighted by molar-refractivity contribution is 4.77. The first-order valence-corrected chi connectivity index (χ1v) is 4.47. The van der Waals surface area contributed by atoms with Gasteiger partial charge >= 0.3 is 0 Å². The molecule has 0 rings (SSSR count). The van der Waals surface area contributed by atoms with Crippen LogP contribution in [0.1, 0.15) is 40.5 Å². The van der Waals surface area contributed by atoms with Crippen LogP contribution in [-0.4, -0.2) is 18.1 Å². The highest BCUT2D eigenvalue weighted by Crippen LogP contribution is 2.04. The first kappa shape index (κ1) is 10.9. The minimum absolute atomic E-state index is 0.194. The molecule has 0 aromatic rings. The second kappa shape index (κ2) is 4.73. The molecule has 0 aliphatic rings. The molecule has 0 fully saturated rings. The minimum atomic E-state index is 0.194. The van der Waals surface area contributed by atoms with Gasteiger partial charge in [0.15, 0.2) is 0 Å². The van der Waals surface area contributed by atoms with Gasteiger partial charge in [-0.2, -0.15) is 0 Å². The van der Waals surface area contributed by atoms with Crippen molar-refractivity contribution in [2.75, 3.05) is 6.54 Å². The molecule has 0 spiro atoms. The Morgan fingerprint density at radius 2 is 1.91 bits per heavy atom. The van der Waals surface area contributed by atoms with Gasteiger partial charge in [-0.25, -0.2) is 0 Å². The summed E-state index contributed by atoms with van der Waals surface area (Å²) < 4.78 is 0. The van der Waals surface area contributed by atoms with Crippen LogP contribution < -0.4 is 11.1 Å². The third kappa shape index (κ3) is 6.32. The molecule has 0 aliphatic heterocycles. The maximum atomic E-state index is 5.60. The van der Waals surface area contributed by atoms with E-state index in [0.717, 1.165) is 6.54 Å². The first-order chi connectivity index (χ1) is 4.99. The molecular weight excluding hydrogens is 136 g/mol. The predicted octanol–water partition coefficient (Wildman–Crippen LogP) is 1.50. The van der Waals surface area contributed by atoms with E-state index in [1.807, 2.05) is 0 Å². The van der Waals surface area contributed by atoms with E-state index in [4.69, 9.17) is 5.73 Å². The van der Waals surface area contributed by atoms with Crippen LogP contribution in [0.3, 0.4) is 0 Å². The molecule has 0 radical (unpaired) electrons. The van der Waals surface area contributed by atoms with Crippen molar-refractivity contribution in [3.05, 3.63) is 0 Å². The van der Waals surface area contributed by atoms with E-state index in [2.05, 4.69) is 33.0 Å². The Kier molecular flexibility index (Phi) is 4.69. The standard InChI is InChI=1S/C9H22N2/c1-5-6-8(7-10)11-9(2,3)4/h8,11H,5-7,10H2,1-4H3. The Labute approximate surface area is 70.5 Å². The molecule has 0 aromatic heterocycles. The van der Waals surface area contributed by atoms with E-state index < -0.39 is 0 Å². The van der Waals surface area contributed by atoms with Crippen molar-refractivity contribution in [3.8, 4) is 0 Å². The molecule has 0 saturated carbocycles. The lowest BCUT2D eigenvalue weighted by molar-refractivity contribution is 0.347. The minimum Gasteiger partial charge on any atom is -0.329 e. The fourth-order valence-corrected chi connectivity index (χ4v) is 1.21. The molecule has 1 atom stereocenters. The van der Waals surface area contributed by atoms with Crippen molar-refractivity contribution in [1.82, 2.24) is 5.32 Å². The summed E-state index contributed by atoms with van der Waals surface area (Å²) in [4.78, 5) is 0. The van der Waals surface area contributed by atoms with Crippen LogP contribution in [0.25, 0.3) is 0 Å². The lowest BCUT2D eigenvalue weighted by atomic mass is 10.0. The van der Waals surface area contributed by atoms with Crippen molar-refractivity contribution in [1.29, 1.82) is 0 Å². The Morgan fingerprint density at radius 1 is 1.36 bits per heavy atom. The number of rotatable bonds is 4. The number of nitrogens with one attached hydrogen (secondary N) is 1. The summed E-state index contributed by atoms with van der Waals surface area (Å²) in [7, 11) is 0. The summed E-state index contributed by atoms with van der Waals surface area (Å²) in [6.45, 7) is 9.44. The van der Waals surface area contributed by atoms with E-state index in [-0.39, 0.29) is 5.54 Å². The zero-order valence-electron chi connectivity index (χ0n) is 8.28. The highest BCUT2D eigenvalue weighted by Gasteiger charge is 2.14. The SMILES string of the molecule is CCCC(CN)NC(C)(C)C. The van der Waals surface area contributed by atoms with Crippen LogP contribution >= 0.6 is 0 Å². The molecular formula is C9H22N2. The average molecular weight is 158 g/mol. The van der Waals surface area contributed by atoms with Gasteiger partial charge in [0.25, 0.3) is 0 Å². The molecule has 2 heteroatoms. The zero-order valence-corrected chi connectivity index (χ0v) is 8.28. The van der Waals surface area contributed by atoms with Gasteiger partial charge in [-0.05, 0) is 27.2 Å². The molecule has 0 aromatic carbocycles. The van der Waals surface area contributed by atoms with Gasteiger partial charge in [0.1, 0.15) is 0 Å². The van der Waals surface area contributed by atoms with Gasteiger partial charge in [-0.3, -0.25) is 0 Å². The molecule has 11 heavy (non-hydrogen) atoms. The van der Waals surface area contributed by atoms with Crippen molar-refractivity contribution < 1.29 is 0 Å². The van der Waals surface area contributed by atoms with E-state index in [1.54, 1.807) is 0 Å².